The van der Waals surface area contributed by atoms with Crippen molar-refractivity contribution in [2.45, 2.75) is 0 Å². The van der Waals surface area contributed by atoms with Gasteiger partial charge < -0.3 is 11.1 Å². The number of guanidine groups is 1. The topological polar surface area (TPSA) is 50.4 Å². The van der Waals surface area contributed by atoms with Gasteiger partial charge >= 0.3 is 0 Å². The van der Waals surface area contributed by atoms with Crippen molar-refractivity contribution < 1.29 is 0 Å². The van der Waals surface area contributed by atoms with Gasteiger partial charge in [0.1, 0.15) is 0 Å². The molecule has 2 aromatic carbocycles. The van der Waals surface area contributed by atoms with E-state index in [1.165, 1.54) is 0 Å². The van der Waals surface area contributed by atoms with Crippen molar-refractivity contribution in [1.82, 2.24) is 0 Å². The van der Waals surface area contributed by atoms with Crippen LogP contribution < -0.4 is 11.1 Å². The van der Waals surface area contributed by atoms with E-state index in [0.29, 0.717) is 12.5 Å². The standard InChI is InChI=1S/C16H17N3/c17-16(19-15-11-5-2-6-12-15)18-13-7-10-14-8-3-1-4-9-14/h1-12H,13H2,(H3,17,18,19). The Labute approximate surface area is 113 Å². The Kier molecular flexibility index (Phi) is 4.76. The second-order valence-electron chi connectivity index (χ2n) is 4.03. The molecule has 0 amide bonds. The summed E-state index contributed by atoms with van der Waals surface area (Å²) in [6.07, 6.45) is 4.01. The maximum atomic E-state index is 5.79. The molecule has 3 N–H and O–H groups in total. The lowest BCUT2D eigenvalue weighted by Crippen LogP contribution is -2.22. The van der Waals surface area contributed by atoms with Crippen molar-refractivity contribution in [2.75, 3.05) is 11.9 Å². The minimum Gasteiger partial charge on any atom is -0.370 e. The van der Waals surface area contributed by atoms with Gasteiger partial charge in [0.25, 0.3) is 0 Å². The van der Waals surface area contributed by atoms with Crippen LogP contribution in [-0.4, -0.2) is 12.5 Å². The summed E-state index contributed by atoms with van der Waals surface area (Å²) in [5.74, 6) is 0.420. The van der Waals surface area contributed by atoms with Gasteiger partial charge in [0.05, 0.1) is 6.54 Å². The van der Waals surface area contributed by atoms with Gasteiger partial charge in [0.2, 0.25) is 0 Å². The van der Waals surface area contributed by atoms with Gasteiger partial charge in [-0.2, -0.15) is 0 Å². The average molecular weight is 251 g/mol. The van der Waals surface area contributed by atoms with Gasteiger partial charge in [-0.15, -0.1) is 0 Å². The van der Waals surface area contributed by atoms with Gasteiger partial charge in [-0.1, -0.05) is 60.7 Å². The van der Waals surface area contributed by atoms with Crippen LogP contribution in [-0.2, 0) is 0 Å². The highest BCUT2D eigenvalue weighted by Gasteiger charge is 1.91. The van der Waals surface area contributed by atoms with Gasteiger partial charge in [-0.05, 0) is 17.7 Å². The Hall–Kier alpha value is -2.55. The highest BCUT2D eigenvalue weighted by Crippen LogP contribution is 2.04. The van der Waals surface area contributed by atoms with E-state index < -0.39 is 0 Å². The number of para-hydroxylation sites is 1. The Balaban J connectivity index is 1.84. The van der Waals surface area contributed by atoms with Crippen LogP contribution in [0.1, 0.15) is 5.56 Å². The summed E-state index contributed by atoms with van der Waals surface area (Å²) in [5, 5.41) is 3.03. The molecule has 0 atom stereocenters. The fourth-order valence-electron chi connectivity index (χ4n) is 1.61. The number of anilines is 1. The van der Waals surface area contributed by atoms with Gasteiger partial charge in [0, 0.05) is 5.69 Å². The zero-order valence-electron chi connectivity index (χ0n) is 10.7. The molecule has 19 heavy (non-hydrogen) atoms. The number of nitrogens with one attached hydrogen (secondary N) is 1. The molecule has 0 bridgehead atoms. The molecule has 3 heteroatoms. The summed E-state index contributed by atoms with van der Waals surface area (Å²) >= 11 is 0. The predicted molar refractivity (Wildman–Crippen MR) is 82.0 cm³/mol. The third-order valence-electron chi connectivity index (χ3n) is 2.52. The number of aliphatic imine (C=N–C) groups is 1. The third kappa shape index (κ3) is 4.68. The number of hydrogen-bond donors (Lipinski definition) is 2. The number of benzene rings is 2. The Morgan fingerprint density at radius 2 is 1.63 bits per heavy atom. The first kappa shape index (κ1) is 12.9. The molecule has 2 aromatic rings. The van der Waals surface area contributed by atoms with Gasteiger partial charge in [0.15, 0.2) is 5.96 Å². The number of nitrogens with zero attached hydrogens (tertiary/aromatic N) is 1. The summed E-state index contributed by atoms with van der Waals surface area (Å²) in [6.45, 7) is 0.556. The van der Waals surface area contributed by atoms with E-state index in [2.05, 4.69) is 10.3 Å². The van der Waals surface area contributed by atoms with E-state index >= 15 is 0 Å². The largest absolute Gasteiger partial charge is 0.370 e. The van der Waals surface area contributed by atoms with Crippen LogP contribution in [0.25, 0.3) is 6.08 Å². The van der Waals surface area contributed by atoms with E-state index in [9.17, 15) is 0 Å². The molecule has 0 saturated heterocycles. The quantitative estimate of drug-likeness (QED) is 0.648. The molecular formula is C16H17N3. The van der Waals surface area contributed by atoms with Crippen LogP contribution in [0, 0.1) is 0 Å². The maximum absolute atomic E-state index is 5.79. The molecule has 0 spiro atoms. The highest BCUT2D eigenvalue weighted by molar-refractivity contribution is 5.92. The van der Waals surface area contributed by atoms with E-state index in [0.717, 1.165) is 11.3 Å². The van der Waals surface area contributed by atoms with E-state index in [1.54, 1.807) is 0 Å². The summed E-state index contributed by atoms with van der Waals surface area (Å²) in [7, 11) is 0. The van der Waals surface area contributed by atoms with Crippen LogP contribution in [0.4, 0.5) is 5.69 Å². The summed E-state index contributed by atoms with van der Waals surface area (Å²) in [6, 6.07) is 19.9. The Morgan fingerprint density at radius 1 is 1.00 bits per heavy atom. The van der Waals surface area contributed by atoms with E-state index in [1.807, 2.05) is 72.8 Å². The normalized spacial score (nSPS) is 11.7. The Morgan fingerprint density at radius 3 is 2.32 bits per heavy atom. The van der Waals surface area contributed by atoms with Crippen LogP contribution >= 0.6 is 0 Å². The van der Waals surface area contributed by atoms with Crippen molar-refractivity contribution in [3.8, 4) is 0 Å². The molecule has 0 aliphatic heterocycles. The fourth-order valence-corrected chi connectivity index (χ4v) is 1.61. The minimum atomic E-state index is 0.420. The SMILES string of the molecule is NC(=NCC=Cc1ccccc1)Nc1ccccc1. The Bertz CT molecular complexity index is 545. The van der Waals surface area contributed by atoms with Crippen molar-refractivity contribution in [3.05, 3.63) is 72.3 Å². The smallest absolute Gasteiger partial charge is 0.193 e. The first-order valence-electron chi connectivity index (χ1n) is 6.18. The number of rotatable bonds is 4. The molecule has 0 radical (unpaired) electrons. The first-order chi connectivity index (χ1) is 9.34. The number of hydrogen-bond acceptors (Lipinski definition) is 1. The molecule has 0 aliphatic rings. The molecule has 2 rings (SSSR count). The zero-order chi connectivity index (χ0) is 13.3. The third-order valence-corrected chi connectivity index (χ3v) is 2.52. The van der Waals surface area contributed by atoms with E-state index in [4.69, 9.17) is 5.73 Å². The second kappa shape index (κ2) is 7.01. The maximum Gasteiger partial charge on any atom is 0.193 e. The van der Waals surface area contributed by atoms with Crippen LogP contribution in [0.2, 0.25) is 0 Å². The molecule has 0 unspecified atom stereocenters. The summed E-state index contributed by atoms with van der Waals surface area (Å²) in [5.41, 5.74) is 7.89. The first-order valence-corrected chi connectivity index (χ1v) is 6.18. The van der Waals surface area contributed by atoms with Gasteiger partial charge in [-0.25, -0.2) is 4.99 Å². The van der Waals surface area contributed by atoms with Crippen molar-refractivity contribution in [1.29, 1.82) is 0 Å². The average Bonchev–Trinajstić information content (AvgIpc) is 2.46. The lowest BCUT2D eigenvalue weighted by Gasteiger charge is -2.03. The lowest BCUT2D eigenvalue weighted by molar-refractivity contribution is 1.23. The lowest BCUT2D eigenvalue weighted by atomic mass is 10.2. The molecule has 96 valence electrons. The summed E-state index contributed by atoms with van der Waals surface area (Å²) in [4.78, 5) is 4.23. The molecule has 0 heterocycles. The minimum absolute atomic E-state index is 0.420. The second-order valence-corrected chi connectivity index (χ2v) is 4.03. The van der Waals surface area contributed by atoms with Gasteiger partial charge in [-0.3, -0.25) is 0 Å². The van der Waals surface area contributed by atoms with Crippen LogP contribution in [0.15, 0.2) is 71.7 Å². The summed E-state index contributed by atoms with van der Waals surface area (Å²) < 4.78 is 0. The molecule has 0 saturated carbocycles. The monoisotopic (exact) mass is 251 g/mol. The zero-order valence-corrected chi connectivity index (χ0v) is 10.7. The highest BCUT2D eigenvalue weighted by atomic mass is 15.1. The molecule has 0 aliphatic carbocycles. The molecule has 3 nitrogen and oxygen atoms in total. The van der Waals surface area contributed by atoms with E-state index in [-0.39, 0.29) is 0 Å². The van der Waals surface area contributed by atoms with Crippen molar-refractivity contribution in [2.24, 2.45) is 10.7 Å². The fraction of sp³-hybridized carbons (Fsp3) is 0.0625. The predicted octanol–water partition coefficient (Wildman–Crippen LogP) is 3.13. The van der Waals surface area contributed by atoms with Crippen molar-refractivity contribution >= 4 is 17.7 Å². The van der Waals surface area contributed by atoms with Crippen molar-refractivity contribution in [3.63, 3.8) is 0 Å². The molecule has 0 aromatic heterocycles. The van der Waals surface area contributed by atoms with Crippen LogP contribution in [0.3, 0.4) is 0 Å². The molecular weight excluding hydrogens is 234 g/mol. The van der Waals surface area contributed by atoms with Crippen LogP contribution in [0.5, 0.6) is 0 Å². The molecule has 0 fully saturated rings. The number of nitrogens with two attached hydrogens (primary N) is 1.